The van der Waals surface area contributed by atoms with E-state index in [1.807, 2.05) is 53.3 Å². The highest BCUT2D eigenvalue weighted by Gasteiger charge is 2.18. The normalized spacial score (nSPS) is 13.9. The van der Waals surface area contributed by atoms with Gasteiger partial charge in [-0.25, -0.2) is 9.67 Å². The van der Waals surface area contributed by atoms with Gasteiger partial charge in [0.2, 0.25) is 0 Å². The second-order valence-electron chi connectivity index (χ2n) is 7.41. The highest BCUT2D eigenvalue weighted by molar-refractivity contribution is 5.82. The minimum absolute atomic E-state index is 0.729. The molecule has 2 aromatic heterocycles. The molecule has 31 heavy (non-hydrogen) atoms. The second-order valence-corrected chi connectivity index (χ2v) is 7.41. The summed E-state index contributed by atoms with van der Waals surface area (Å²) in [6, 6.07) is 22.4. The summed E-state index contributed by atoms with van der Waals surface area (Å²) in [5.74, 6) is 1.77. The summed E-state index contributed by atoms with van der Waals surface area (Å²) in [5, 5.41) is 4.95. The average Bonchev–Trinajstić information content (AvgIpc) is 3.31. The maximum atomic E-state index is 5.49. The van der Waals surface area contributed by atoms with Crippen LogP contribution >= 0.6 is 0 Å². The van der Waals surface area contributed by atoms with Gasteiger partial charge in [-0.15, -0.1) is 0 Å². The van der Waals surface area contributed by atoms with Crippen LogP contribution in [0.4, 0.5) is 5.82 Å². The van der Waals surface area contributed by atoms with Crippen molar-refractivity contribution in [1.29, 1.82) is 0 Å². The van der Waals surface area contributed by atoms with E-state index in [1.54, 1.807) is 7.11 Å². The minimum atomic E-state index is 0.729. The summed E-state index contributed by atoms with van der Waals surface area (Å²) in [5.41, 5.74) is 5.06. The van der Waals surface area contributed by atoms with E-state index in [2.05, 4.69) is 40.3 Å². The van der Waals surface area contributed by atoms with E-state index in [9.17, 15) is 0 Å². The highest BCUT2D eigenvalue weighted by Crippen LogP contribution is 2.34. The fraction of sp³-hybridized carbons (Fsp3) is 0.200. The molecule has 1 saturated heterocycles. The molecule has 4 aromatic rings. The molecule has 5 rings (SSSR count). The molecule has 1 aliphatic heterocycles. The Balaban J connectivity index is 1.62. The van der Waals surface area contributed by atoms with Crippen molar-refractivity contribution in [3.05, 3.63) is 79.1 Å². The van der Waals surface area contributed by atoms with Gasteiger partial charge in [0.15, 0.2) is 0 Å². The van der Waals surface area contributed by atoms with Crippen LogP contribution in [0.2, 0.25) is 0 Å². The van der Waals surface area contributed by atoms with Crippen LogP contribution in [0.1, 0.15) is 0 Å². The zero-order valence-corrected chi connectivity index (χ0v) is 17.4. The van der Waals surface area contributed by atoms with E-state index in [4.69, 9.17) is 14.6 Å². The second kappa shape index (κ2) is 8.62. The third-order valence-electron chi connectivity index (χ3n) is 5.47. The van der Waals surface area contributed by atoms with Gasteiger partial charge in [-0.2, -0.15) is 5.10 Å². The molecule has 0 radical (unpaired) electrons. The molecule has 0 amide bonds. The Hall–Kier alpha value is -3.64. The van der Waals surface area contributed by atoms with Crippen LogP contribution in [0.25, 0.3) is 28.1 Å². The van der Waals surface area contributed by atoms with E-state index in [-0.39, 0.29) is 0 Å². The van der Waals surface area contributed by atoms with Crippen LogP contribution < -0.4 is 9.64 Å². The van der Waals surface area contributed by atoms with Gasteiger partial charge in [-0.3, -0.25) is 0 Å². The number of ether oxygens (including phenoxy) is 2. The molecule has 0 spiro atoms. The lowest BCUT2D eigenvalue weighted by Crippen LogP contribution is -2.36. The fourth-order valence-electron chi connectivity index (χ4n) is 3.83. The first-order valence-corrected chi connectivity index (χ1v) is 10.4. The number of aromatic nitrogens is 3. The molecule has 2 aromatic carbocycles. The van der Waals surface area contributed by atoms with Crippen molar-refractivity contribution in [1.82, 2.24) is 14.8 Å². The van der Waals surface area contributed by atoms with Gasteiger partial charge in [0, 0.05) is 36.6 Å². The van der Waals surface area contributed by atoms with Gasteiger partial charge < -0.3 is 14.4 Å². The molecule has 0 bridgehead atoms. The molecule has 0 saturated carbocycles. The van der Waals surface area contributed by atoms with Gasteiger partial charge in [-0.05, 0) is 42.0 Å². The molecular weight excluding hydrogens is 388 g/mol. The van der Waals surface area contributed by atoms with Crippen LogP contribution in [-0.4, -0.2) is 48.2 Å². The van der Waals surface area contributed by atoms with E-state index >= 15 is 0 Å². The third-order valence-corrected chi connectivity index (χ3v) is 5.47. The van der Waals surface area contributed by atoms with Gasteiger partial charge in [0.25, 0.3) is 0 Å². The lowest BCUT2D eigenvalue weighted by atomic mass is 10.0. The Morgan fingerprint density at radius 3 is 2.55 bits per heavy atom. The standard InChI is InChI=1S/C25H24N4O2/c1-30-22-9-5-6-20(16-22)25-23(18-29(27-25)21-7-3-2-4-8-21)19-10-11-26-24(17-19)28-12-14-31-15-13-28/h2-11,16-18H,12-15H2,1H3. The van der Waals surface area contributed by atoms with Crippen LogP contribution in [0.15, 0.2) is 79.1 Å². The molecule has 1 aliphatic rings. The summed E-state index contributed by atoms with van der Waals surface area (Å²) in [6.45, 7) is 3.16. The molecular formula is C25H24N4O2. The number of methoxy groups -OCH3 is 1. The van der Waals surface area contributed by atoms with Crippen LogP contribution in [0, 0.1) is 0 Å². The van der Waals surface area contributed by atoms with Crippen LogP contribution in [-0.2, 0) is 4.74 Å². The number of benzene rings is 2. The lowest BCUT2D eigenvalue weighted by Gasteiger charge is -2.28. The number of nitrogens with zero attached hydrogens (tertiary/aromatic N) is 4. The van der Waals surface area contributed by atoms with Crippen molar-refractivity contribution in [3.8, 4) is 33.8 Å². The fourth-order valence-corrected chi connectivity index (χ4v) is 3.83. The first-order chi connectivity index (χ1) is 15.3. The first kappa shape index (κ1) is 19.3. The highest BCUT2D eigenvalue weighted by atomic mass is 16.5. The minimum Gasteiger partial charge on any atom is -0.497 e. The summed E-state index contributed by atoms with van der Waals surface area (Å²) in [6.07, 6.45) is 3.96. The van der Waals surface area contributed by atoms with Gasteiger partial charge in [0.05, 0.1) is 26.0 Å². The maximum absolute atomic E-state index is 5.49. The van der Waals surface area contributed by atoms with Crippen LogP contribution in [0.5, 0.6) is 5.75 Å². The van der Waals surface area contributed by atoms with E-state index in [1.165, 1.54) is 0 Å². The van der Waals surface area contributed by atoms with E-state index in [0.717, 1.165) is 65.9 Å². The van der Waals surface area contributed by atoms with Gasteiger partial charge in [0.1, 0.15) is 17.3 Å². The zero-order valence-electron chi connectivity index (χ0n) is 17.4. The third kappa shape index (κ3) is 4.02. The monoisotopic (exact) mass is 412 g/mol. The van der Waals surface area contributed by atoms with E-state index in [0.29, 0.717) is 0 Å². The first-order valence-electron chi connectivity index (χ1n) is 10.4. The zero-order chi connectivity index (χ0) is 21.0. The van der Waals surface area contributed by atoms with Crippen molar-refractivity contribution < 1.29 is 9.47 Å². The number of hydrogen-bond donors (Lipinski definition) is 0. The predicted octanol–water partition coefficient (Wildman–Crippen LogP) is 4.45. The molecule has 0 aliphatic carbocycles. The van der Waals surface area contributed by atoms with Crippen LogP contribution in [0.3, 0.4) is 0 Å². The smallest absolute Gasteiger partial charge is 0.129 e. The summed E-state index contributed by atoms with van der Waals surface area (Å²) < 4.78 is 12.9. The number of para-hydroxylation sites is 1. The Labute approximate surface area is 181 Å². The number of morpholine rings is 1. The molecule has 0 atom stereocenters. The van der Waals surface area contributed by atoms with Gasteiger partial charge in [-0.1, -0.05) is 30.3 Å². The molecule has 6 heteroatoms. The van der Waals surface area contributed by atoms with Crippen molar-refractivity contribution in [2.24, 2.45) is 0 Å². The lowest BCUT2D eigenvalue weighted by molar-refractivity contribution is 0.122. The number of pyridine rings is 1. The SMILES string of the molecule is COc1cccc(-c2nn(-c3ccccc3)cc2-c2ccnc(N3CCOCC3)c2)c1. The Kier molecular flexibility index (Phi) is 5.37. The van der Waals surface area contributed by atoms with Crippen molar-refractivity contribution in [2.75, 3.05) is 38.3 Å². The number of hydrogen-bond acceptors (Lipinski definition) is 5. The maximum Gasteiger partial charge on any atom is 0.129 e. The molecule has 0 unspecified atom stereocenters. The Bertz CT molecular complexity index is 1170. The molecule has 1 fully saturated rings. The molecule has 3 heterocycles. The number of rotatable bonds is 5. The van der Waals surface area contributed by atoms with Gasteiger partial charge >= 0.3 is 0 Å². The number of anilines is 1. The summed E-state index contributed by atoms with van der Waals surface area (Å²) >= 11 is 0. The summed E-state index contributed by atoms with van der Waals surface area (Å²) in [7, 11) is 1.68. The summed E-state index contributed by atoms with van der Waals surface area (Å²) in [4.78, 5) is 6.87. The molecule has 6 nitrogen and oxygen atoms in total. The van der Waals surface area contributed by atoms with Crippen molar-refractivity contribution in [2.45, 2.75) is 0 Å². The van der Waals surface area contributed by atoms with Crippen molar-refractivity contribution >= 4 is 5.82 Å². The predicted molar refractivity (Wildman–Crippen MR) is 122 cm³/mol. The Morgan fingerprint density at radius 1 is 0.903 bits per heavy atom. The molecule has 0 N–H and O–H groups in total. The quantitative estimate of drug-likeness (QED) is 0.485. The Morgan fingerprint density at radius 2 is 1.74 bits per heavy atom. The topological polar surface area (TPSA) is 52.4 Å². The largest absolute Gasteiger partial charge is 0.497 e. The van der Waals surface area contributed by atoms with Crippen molar-refractivity contribution in [3.63, 3.8) is 0 Å². The average molecular weight is 412 g/mol. The van der Waals surface area contributed by atoms with E-state index < -0.39 is 0 Å². The molecule has 156 valence electrons.